The highest BCUT2D eigenvalue weighted by atomic mass is 32.2. The fraction of sp³-hybridized carbons (Fsp3) is 0.0385. The number of alkyl halides is 3. The van der Waals surface area contributed by atoms with Gasteiger partial charge in [0.1, 0.15) is 11.5 Å². The van der Waals surface area contributed by atoms with Gasteiger partial charge in [-0.1, -0.05) is 36.4 Å². The van der Waals surface area contributed by atoms with Crippen molar-refractivity contribution in [3.05, 3.63) is 96.4 Å². The second-order valence-corrected chi connectivity index (χ2v) is 10.0. The van der Waals surface area contributed by atoms with Crippen molar-refractivity contribution in [2.24, 2.45) is 5.14 Å². The minimum absolute atomic E-state index is 0.0726. The topological polar surface area (TPSA) is 146 Å². The average Bonchev–Trinajstić information content (AvgIpc) is 3.35. The predicted molar refractivity (Wildman–Crippen MR) is 139 cm³/mol. The van der Waals surface area contributed by atoms with E-state index in [0.29, 0.717) is 28.0 Å². The molecular formula is C26H19F3N6O3S. The number of carbonyl (C=O) groups is 1. The number of hydrogen-bond acceptors (Lipinski definition) is 6. The number of halogens is 3. The Morgan fingerprint density at radius 3 is 2.36 bits per heavy atom. The molecule has 0 unspecified atom stereocenters. The summed E-state index contributed by atoms with van der Waals surface area (Å²) >= 11 is 0. The number of aromatic nitrogens is 3. The minimum atomic E-state index is -4.80. The van der Waals surface area contributed by atoms with Crippen molar-refractivity contribution in [2.75, 3.05) is 11.1 Å². The van der Waals surface area contributed by atoms with E-state index >= 15 is 0 Å². The molecule has 0 atom stereocenters. The first-order chi connectivity index (χ1) is 18.4. The summed E-state index contributed by atoms with van der Waals surface area (Å²) < 4.78 is 65.4. The molecule has 1 amide bonds. The lowest BCUT2D eigenvalue weighted by Gasteiger charge is -2.11. The zero-order chi connectivity index (χ0) is 27.9. The lowest BCUT2D eigenvalue weighted by Crippen LogP contribution is -2.17. The first kappa shape index (κ1) is 25.9. The number of nitrogens with two attached hydrogens (primary N) is 2. The number of anilines is 2. The van der Waals surface area contributed by atoms with Crippen LogP contribution in [0.25, 0.3) is 27.6 Å². The lowest BCUT2D eigenvalue weighted by molar-refractivity contribution is -0.141. The Hall–Kier alpha value is -4.75. The van der Waals surface area contributed by atoms with Crippen LogP contribution in [0.5, 0.6) is 0 Å². The molecule has 0 radical (unpaired) electrons. The molecule has 5 aromatic rings. The molecule has 0 aliphatic rings. The molecule has 0 bridgehead atoms. The molecule has 0 fully saturated rings. The predicted octanol–water partition coefficient (Wildman–Crippen LogP) is 4.59. The highest BCUT2D eigenvalue weighted by molar-refractivity contribution is 7.89. The largest absolute Gasteiger partial charge is 0.435 e. The number of nitrogen functional groups attached to an aromatic ring is 1. The number of amides is 1. The Bertz CT molecular complexity index is 1830. The van der Waals surface area contributed by atoms with Crippen molar-refractivity contribution < 1.29 is 26.4 Å². The fourth-order valence-corrected chi connectivity index (χ4v) is 4.83. The van der Waals surface area contributed by atoms with Gasteiger partial charge in [-0.05, 0) is 47.3 Å². The number of rotatable bonds is 5. The van der Waals surface area contributed by atoms with Crippen molar-refractivity contribution in [1.29, 1.82) is 0 Å². The van der Waals surface area contributed by atoms with Gasteiger partial charge in [0.15, 0.2) is 5.69 Å². The lowest BCUT2D eigenvalue weighted by atomic mass is 10.1. The van der Waals surface area contributed by atoms with Gasteiger partial charge < -0.3 is 11.1 Å². The molecule has 0 saturated heterocycles. The Labute approximate surface area is 219 Å². The zero-order valence-corrected chi connectivity index (χ0v) is 20.7. The molecule has 2 aromatic heterocycles. The van der Waals surface area contributed by atoms with Gasteiger partial charge in [-0.3, -0.25) is 4.79 Å². The second kappa shape index (κ2) is 9.53. The average molecular weight is 553 g/mol. The van der Waals surface area contributed by atoms with Crippen LogP contribution in [-0.4, -0.2) is 29.1 Å². The third-order valence-electron chi connectivity index (χ3n) is 5.90. The summed E-state index contributed by atoms with van der Waals surface area (Å²) in [6, 6.07) is 19.2. The molecule has 9 nitrogen and oxygen atoms in total. The maximum atomic E-state index is 13.5. The van der Waals surface area contributed by atoms with E-state index in [9.17, 15) is 26.4 Å². The van der Waals surface area contributed by atoms with Crippen LogP contribution in [0.15, 0.2) is 90.0 Å². The number of hydrogen-bond donors (Lipinski definition) is 3. The fourth-order valence-electron chi connectivity index (χ4n) is 4.07. The number of benzene rings is 3. The zero-order valence-electron chi connectivity index (χ0n) is 19.8. The Balaban J connectivity index is 1.49. The summed E-state index contributed by atoms with van der Waals surface area (Å²) in [4.78, 5) is 17.1. The molecule has 0 spiro atoms. The van der Waals surface area contributed by atoms with E-state index in [2.05, 4.69) is 15.4 Å². The van der Waals surface area contributed by atoms with E-state index in [4.69, 9.17) is 10.9 Å². The Morgan fingerprint density at radius 2 is 1.67 bits per heavy atom. The van der Waals surface area contributed by atoms with Gasteiger partial charge in [-0.2, -0.15) is 18.3 Å². The Morgan fingerprint density at radius 1 is 0.949 bits per heavy atom. The summed E-state index contributed by atoms with van der Waals surface area (Å²) in [5.41, 5.74) is 5.60. The molecule has 13 heteroatoms. The van der Waals surface area contributed by atoms with Crippen molar-refractivity contribution in [3.8, 4) is 16.8 Å². The van der Waals surface area contributed by atoms with Gasteiger partial charge in [0.05, 0.1) is 10.6 Å². The highest BCUT2D eigenvalue weighted by Gasteiger charge is 2.36. The molecule has 5 rings (SSSR count). The molecule has 3 aromatic carbocycles. The first-order valence-electron chi connectivity index (χ1n) is 11.3. The molecule has 2 heterocycles. The van der Waals surface area contributed by atoms with Crippen LogP contribution in [-0.2, 0) is 16.2 Å². The van der Waals surface area contributed by atoms with Crippen LogP contribution in [0.4, 0.5) is 24.7 Å². The highest BCUT2D eigenvalue weighted by Crippen LogP contribution is 2.31. The number of primary sulfonamides is 1. The quantitative estimate of drug-likeness (QED) is 0.291. The summed E-state index contributed by atoms with van der Waals surface area (Å²) in [7, 11) is -3.99. The van der Waals surface area contributed by atoms with Crippen LogP contribution >= 0.6 is 0 Å². The van der Waals surface area contributed by atoms with Gasteiger partial charge in [-0.25, -0.2) is 23.2 Å². The van der Waals surface area contributed by atoms with Crippen molar-refractivity contribution in [1.82, 2.24) is 14.8 Å². The molecule has 0 saturated carbocycles. The van der Waals surface area contributed by atoms with E-state index in [1.54, 1.807) is 36.4 Å². The van der Waals surface area contributed by atoms with E-state index in [0.717, 1.165) is 4.68 Å². The number of nitrogens with one attached hydrogen (secondary N) is 1. The summed E-state index contributed by atoms with van der Waals surface area (Å²) in [6.07, 6.45) is -3.29. The molecule has 39 heavy (non-hydrogen) atoms. The molecule has 5 N–H and O–H groups in total. The van der Waals surface area contributed by atoms with Crippen LogP contribution in [0, 0.1) is 0 Å². The minimum Gasteiger partial charge on any atom is -0.383 e. The maximum absolute atomic E-state index is 13.5. The maximum Gasteiger partial charge on any atom is 0.435 e. The summed E-state index contributed by atoms with van der Waals surface area (Å²) in [5, 5.41) is 12.7. The normalized spacial score (nSPS) is 12.0. The van der Waals surface area contributed by atoms with E-state index < -0.39 is 27.8 Å². The standard InChI is InChI=1S/C26H19F3N6O3S/c27-26(28,29)23-14-21(35(34-23)18-10-7-16-11-12-32-24(30)20(16)13-18)25(36)33-17-8-5-15(6-9-17)19-3-1-2-4-22(19)39(31,37)38/h1-14H,(H2,30,32)(H,33,36)(H2,31,37,38). The SMILES string of the molecule is Nc1nccc2ccc(-n3nc(C(F)(F)F)cc3C(=O)Nc3ccc(-c4ccccc4S(N)(=O)=O)cc3)cc12. The molecular weight excluding hydrogens is 533 g/mol. The smallest absolute Gasteiger partial charge is 0.383 e. The number of carbonyl (C=O) groups excluding carboxylic acids is 1. The van der Waals surface area contributed by atoms with Crippen LogP contribution in [0.3, 0.4) is 0 Å². The Kier molecular flexibility index (Phi) is 6.32. The van der Waals surface area contributed by atoms with E-state index in [-0.39, 0.29) is 27.8 Å². The van der Waals surface area contributed by atoms with Crippen molar-refractivity contribution >= 4 is 38.2 Å². The van der Waals surface area contributed by atoms with Gasteiger partial charge in [0.2, 0.25) is 10.0 Å². The van der Waals surface area contributed by atoms with Gasteiger partial charge in [-0.15, -0.1) is 0 Å². The summed E-state index contributed by atoms with van der Waals surface area (Å²) in [6.45, 7) is 0. The molecule has 0 aliphatic heterocycles. The van der Waals surface area contributed by atoms with Crippen LogP contribution < -0.4 is 16.2 Å². The first-order valence-corrected chi connectivity index (χ1v) is 12.8. The third-order valence-corrected chi connectivity index (χ3v) is 6.87. The number of sulfonamides is 1. The second-order valence-electron chi connectivity index (χ2n) is 8.50. The van der Waals surface area contributed by atoms with Gasteiger partial charge in [0, 0.05) is 28.9 Å². The summed E-state index contributed by atoms with van der Waals surface area (Å²) in [5.74, 6) is -0.678. The van der Waals surface area contributed by atoms with Crippen LogP contribution in [0.2, 0.25) is 0 Å². The monoisotopic (exact) mass is 552 g/mol. The number of pyridine rings is 1. The van der Waals surface area contributed by atoms with Crippen molar-refractivity contribution in [3.63, 3.8) is 0 Å². The van der Waals surface area contributed by atoms with Crippen LogP contribution in [0.1, 0.15) is 16.2 Å². The molecule has 0 aliphatic carbocycles. The van der Waals surface area contributed by atoms with E-state index in [1.165, 1.54) is 42.6 Å². The van der Waals surface area contributed by atoms with Gasteiger partial charge in [0.25, 0.3) is 5.91 Å². The number of nitrogens with zero attached hydrogens (tertiary/aromatic N) is 3. The number of fused-ring (bicyclic) bond motifs is 1. The molecule has 198 valence electrons. The van der Waals surface area contributed by atoms with E-state index in [1.807, 2.05) is 0 Å². The van der Waals surface area contributed by atoms with Gasteiger partial charge >= 0.3 is 6.18 Å². The third kappa shape index (κ3) is 5.17. The van der Waals surface area contributed by atoms with Crippen molar-refractivity contribution in [2.45, 2.75) is 11.1 Å².